The van der Waals surface area contributed by atoms with Crippen molar-refractivity contribution in [3.05, 3.63) is 12.2 Å². The third-order valence-corrected chi connectivity index (χ3v) is 10.6. The van der Waals surface area contributed by atoms with Crippen LogP contribution in [0.2, 0.25) is 0 Å². The van der Waals surface area contributed by atoms with Gasteiger partial charge in [-0.1, -0.05) is 231 Å². The monoisotopic (exact) mass is 708 g/mol. The maximum Gasteiger partial charge on any atom is 0.222 e. The van der Waals surface area contributed by atoms with Crippen molar-refractivity contribution in [3.63, 3.8) is 0 Å². The van der Waals surface area contributed by atoms with E-state index in [4.69, 9.17) is 0 Å². The van der Waals surface area contributed by atoms with Gasteiger partial charge in [-0.25, -0.2) is 0 Å². The highest BCUT2D eigenvalue weighted by Gasteiger charge is 2.20. The van der Waals surface area contributed by atoms with E-state index in [1.54, 1.807) is 6.08 Å². The van der Waals surface area contributed by atoms with Crippen LogP contribution in [0.1, 0.15) is 245 Å². The molecule has 4 N–H and O–H groups in total. The highest BCUT2D eigenvalue weighted by Crippen LogP contribution is 2.16. The van der Waals surface area contributed by atoms with Gasteiger partial charge < -0.3 is 20.6 Å². The Morgan fingerprint density at radius 3 is 1.16 bits per heavy atom. The lowest BCUT2D eigenvalue weighted by Crippen LogP contribution is -2.45. The lowest BCUT2D eigenvalue weighted by atomic mass is 10.0. The molecule has 1 amide bonds. The van der Waals surface area contributed by atoms with Gasteiger partial charge in [0.15, 0.2) is 0 Å². The maximum atomic E-state index is 12.4. The number of aliphatic hydroxyl groups is 3. The van der Waals surface area contributed by atoms with Crippen LogP contribution in [-0.2, 0) is 4.79 Å². The van der Waals surface area contributed by atoms with Crippen LogP contribution >= 0.6 is 0 Å². The van der Waals surface area contributed by atoms with Gasteiger partial charge in [-0.15, -0.1) is 0 Å². The number of rotatable bonds is 41. The average Bonchev–Trinajstić information content (AvgIpc) is 3.11. The fourth-order valence-electron chi connectivity index (χ4n) is 7.11. The number of allylic oxidation sites excluding steroid dienone is 1. The first-order valence-electron chi connectivity index (χ1n) is 22.5. The van der Waals surface area contributed by atoms with Crippen molar-refractivity contribution in [2.45, 2.75) is 263 Å². The molecule has 5 nitrogen and oxygen atoms in total. The summed E-state index contributed by atoms with van der Waals surface area (Å²) in [7, 11) is 0. The van der Waals surface area contributed by atoms with Crippen molar-refractivity contribution in [1.29, 1.82) is 0 Å². The molecule has 298 valence electrons. The summed E-state index contributed by atoms with van der Waals surface area (Å²) >= 11 is 0. The Morgan fingerprint density at radius 1 is 0.500 bits per heavy atom. The summed E-state index contributed by atoms with van der Waals surface area (Å²) < 4.78 is 0. The standard InChI is InChI=1S/C45H89NO4/c1-3-5-7-9-11-13-15-17-19-21-22-23-24-26-28-30-32-34-36-38-42(48)40-45(50)46-43(41-47)44(49)39-37-35-33-31-29-27-25-20-18-16-14-12-10-8-6-4-2/h37,39,42-44,47-49H,3-36,38,40-41H2,1-2H3,(H,46,50)/b39-37+. The lowest BCUT2D eigenvalue weighted by molar-refractivity contribution is -0.124. The third-order valence-electron chi connectivity index (χ3n) is 10.6. The number of nitrogens with one attached hydrogen (secondary N) is 1. The van der Waals surface area contributed by atoms with E-state index >= 15 is 0 Å². The molecule has 0 rings (SSSR count). The van der Waals surface area contributed by atoms with Crippen LogP contribution in [0.4, 0.5) is 0 Å². The molecule has 0 saturated heterocycles. The minimum absolute atomic E-state index is 0.0189. The molecule has 5 heteroatoms. The van der Waals surface area contributed by atoms with Gasteiger partial charge in [0.1, 0.15) is 0 Å². The van der Waals surface area contributed by atoms with Crippen LogP contribution in [0.25, 0.3) is 0 Å². The summed E-state index contributed by atoms with van der Waals surface area (Å²) in [5, 5.41) is 33.2. The van der Waals surface area contributed by atoms with Gasteiger partial charge in [-0.3, -0.25) is 4.79 Å². The van der Waals surface area contributed by atoms with Crippen molar-refractivity contribution in [3.8, 4) is 0 Å². The summed E-state index contributed by atoms with van der Waals surface area (Å²) in [6.07, 6.45) is 47.8. The fourth-order valence-corrected chi connectivity index (χ4v) is 7.11. The summed E-state index contributed by atoms with van der Waals surface area (Å²) in [6, 6.07) is -0.739. The second kappa shape index (κ2) is 40.9. The number of amides is 1. The van der Waals surface area contributed by atoms with Crippen molar-refractivity contribution >= 4 is 5.91 Å². The quantitative estimate of drug-likeness (QED) is 0.0376. The Kier molecular flexibility index (Phi) is 40.1. The zero-order valence-electron chi connectivity index (χ0n) is 33.8. The van der Waals surface area contributed by atoms with E-state index in [2.05, 4.69) is 19.2 Å². The molecule has 0 aromatic carbocycles. The normalized spacial score (nSPS) is 13.6. The molecule has 0 radical (unpaired) electrons. The van der Waals surface area contributed by atoms with Gasteiger partial charge in [-0.2, -0.15) is 0 Å². The summed E-state index contributed by atoms with van der Waals surface area (Å²) in [5.74, 6) is -0.311. The van der Waals surface area contributed by atoms with Gasteiger partial charge in [0.05, 0.1) is 31.3 Å². The van der Waals surface area contributed by atoms with Crippen LogP contribution in [0.3, 0.4) is 0 Å². The largest absolute Gasteiger partial charge is 0.394 e. The van der Waals surface area contributed by atoms with Gasteiger partial charge >= 0.3 is 0 Å². The topological polar surface area (TPSA) is 89.8 Å². The van der Waals surface area contributed by atoms with Crippen LogP contribution in [0, 0.1) is 0 Å². The zero-order valence-corrected chi connectivity index (χ0v) is 33.8. The fraction of sp³-hybridized carbons (Fsp3) is 0.933. The van der Waals surface area contributed by atoms with E-state index in [1.165, 1.54) is 193 Å². The number of hydrogen-bond donors (Lipinski definition) is 4. The number of aliphatic hydroxyl groups excluding tert-OH is 3. The molecule has 50 heavy (non-hydrogen) atoms. The average molecular weight is 708 g/mol. The molecule has 0 aromatic heterocycles. The third kappa shape index (κ3) is 36.9. The van der Waals surface area contributed by atoms with Gasteiger partial charge in [0.2, 0.25) is 5.91 Å². The van der Waals surface area contributed by atoms with Gasteiger partial charge in [0.25, 0.3) is 0 Å². The van der Waals surface area contributed by atoms with Gasteiger partial charge in [-0.05, 0) is 19.3 Å². The number of hydrogen-bond acceptors (Lipinski definition) is 4. The molecular formula is C45H89NO4. The molecule has 0 saturated carbocycles. The second-order valence-corrected chi connectivity index (χ2v) is 15.7. The highest BCUT2D eigenvalue weighted by atomic mass is 16.3. The molecule has 0 fully saturated rings. The SMILES string of the molecule is CCCCCCCCCCCCCCCC/C=C/C(O)C(CO)NC(=O)CC(O)CCCCCCCCCCCCCCCCCCCCC. The Balaban J connectivity index is 3.62. The lowest BCUT2D eigenvalue weighted by Gasteiger charge is -2.21. The maximum absolute atomic E-state index is 12.4. The molecular weight excluding hydrogens is 618 g/mol. The minimum Gasteiger partial charge on any atom is -0.394 e. The molecule has 0 aliphatic carbocycles. The first-order valence-corrected chi connectivity index (χ1v) is 22.5. The Labute approximate surface area is 312 Å². The van der Waals surface area contributed by atoms with E-state index < -0.39 is 18.2 Å². The molecule has 0 spiro atoms. The van der Waals surface area contributed by atoms with E-state index in [9.17, 15) is 20.1 Å². The van der Waals surface area contributed by atoms with Crippen LogP contribution in [0.5, 0.6) is 0 Å². The highest BCUT2D eigenvalue weighted by molar-refractivity contribution is 5.76. The minimum atomic E-state index is -0.924. The molecule has 0 heterocycles. The number of carbonyl (C=O) groups is 1. The molecule has 3 unspecified atom stereocenters. The molecule has 0 aromatic rings. The molecule has 3 atom stereocenters. The summed E-state index contributed by atoms with van der Waals surface area (Å²) in [6.45, 7) is 4.23. The molecule has 0 bridgehead atoms. The van der Waals surface area contributed by atoms with Crippen molar-refractivity contribution in [2.75, 3.05) is 6.61 Å². The summed E-state index contributed by atoms with van der Waals surface area (Å²) in [5.41, 5.74) is 0. The van der Waals surface area contributed by atoms with Crippen molar-refractivity contribution in [2.24, 2.45) is 0 Å². The van der Waals surface area contributed by atoms with Crippen LogP contribution < -0.4 is 5.32 Å². The Bertz CT molecular complexity index is 699. The van der Waals surface area contributed by atoms with Crippen molar-refractivity contribution in [1.82, 2.24) is 5.32 Å². The van der Waals surface area contributed by atoms with E-state index in [0.717, 1.165) is 25.7 Å². The van der Waals surface area contributed by atoms with Crippen molar-refractivity contribution < 1.29 is 20.1 Å². The van der Waals surface area contributed by atoms with E-state index in [-0.39, 0.29) is 18.9 Å². The molecule has 0 aliphatic rings. The first-order chi connectivity index (χ1) is 24.5. The second-order valence-electron chi connectivity index (χ2n) is 15.7. The first kappa shape index (κ1) is 49.1. The van der Waals surface area contributed by atoms with Gasteiger partial charge in [0, 0.05) is 0 Å². The molecule has 0 aliphatic heterocycles. The van der Waals surface area contributed by atoms with E-state index in [0.29, 0.717) is 6.42 Å². The predicted octanol–water partition coefficient (Wildman–Crippen LogP) is 12.8. The number of unbranched alkanes of at least 4 members (excludes halogenated alkanes) is 32. The van der Waals surface area contributed by atoms with Crippen LogP contribution in [-0.4, -0.2) is 46.1 Å². The summed E-state index contributed by atoms with van der Waals surface area (Å²) in [4.78, 5) is 12.4. The van der Waals surface area contributed by atoms with E-state index in [1.807, 2.05) is 6.08 Å². The smallest absolute Gasteiger partial charge is 0.222 e. The Hall–Kier alpha value is -0.910. The van der Waals surface area contributed by atoms with Crippen LogP contribution in [0.15, 0.2) is 12.2 Å². The Morgan fingerprint density at radius 2 is 0.820 bits per heavy atom. The predicted molar refractivity (Wildman–Crippen MR) is 218 cm³/mol. The number of carbonyl (C=O) groups excluding carboxylic acids is 1. The zero-order chi connectivity index (χ0) is 36.6.